The van der Waals surface area contributed by atoms with E-state index in [1.807, 2.05) is 18.2 Å². The summed E-state index contributed by atoms with van der Waals surface area (Å²) in [7, 11) is 1.81. The molecule has 164 valence electrons. The molecule has 1 aliphatic carbocycles. The molecular weight excluding hydrogens is 410 g/mol. The lowest BCUT2D eigenvalue weighted by Gasteiger charge is -2.32. The molecule has 0 bridgehead atoms. The van der Waals surface area contributed by atoms with Crippen LogP contribution in [0.1, 0.15) is 29.2 Å². The van der Waals surface area contributed by atoms with Gasteiger partial charge in [0, 0.05) is 36.5 Å². The van der Waals surface area contributed by atoms with Gasteiger partial charge in [0.25, 0.3) is 5.91 Å². The van der Waals surface area contributed by atoms with Crippen molar-refractivity contribution in [2.45, 2.75) is 31.0 Å². The third-order valence-electron chi connectivity index (χ3n) is 6.41. The topological polar surface area (TPSA) is 119 Å². The summed E-state index contributed by atoms with van der Waals surface area (Å²) in [5.74, 6) is 0.427. The predicted molar refractivity (Wildman–Crippen MR) is 118 cm³/mol. The fraction of sp³-hybridized carbons (Fsp3) is 0.364. The fourth-order valence-corrected chi connectivity index (χ4v) is 4.29. The van der Waals surface area contributed by atoms with Crippen LogP contribution in [0, 0.1) is 0 Å². The van der Waals surface area contributed by atoms with Gasteiger partial charge in [-0.3, -0.25) is 4.79 Å². The molecule has 10 heteroatoms. The Hall–Kier alpha value is -3.50. The Morgan fingerprint density at radius 1 is 1.28 bits per heavy atom. The van der Waals surface area contributed by atoms with Crippen LogP contribution in [-0.4, -0.2) is 67.6 Å². The minimum absolute atomic E-state index is 0.224. The smallest absolute Gasteiger partial charge is 0.257 e. The van der Waals surface area contributed by atoms with E-state index in [-0.39, 0.29) is 18.0 Å². The van der Waals surface area contributed by atoms with Crippen molar-refractivity contribution >= 4 is 28.4 Å². The molecule has 5 heterocycles. The quantitative estimate of drug-likeness (QED) is 0.438. The van der Waals surface area contributed by atoms with Gasteiger partial charge in [-0.05, 0) is 25.0 Å². The molecule has 4 aromatic rings. The second-order valence-electron chi connectivity index (χ2n) is 8.31. The normalized spacial score (nSPS) is 20.8. The number of fused-ring (bicyclic) bond motifs is 2. The molecule has 2 aliphatic rings. The van der Waals surface area contributed by atoms with Crippen LogP contribution in [0.2, 0.25) is 0 Å². The van der Waals surface area contributed by atoms with Crippen LogP contribution in [0.5, 0.6) is 0 Å². The molecule has 4 aromatic heterocycles. The van der Waals surface area contributed by atoms with Gasteiger partial charge in [-0.2, -0.15) is 9.61 Å². The third kappa shape index (κ3) is 2.87. The number of nitrogens with zero attached hydrogens (tertiary/aromatic N) is 5. The summed E-state index contributed by atoms with van der Waals surface area (Å²) in [5.41, 5.74) is 3.36. The van der Waals surface area contributed by atoms with Crippen molar-refractivity contribution in [3.05, 3.63) is 42.4 Å². The number of rotatable bonds is 5. The van der Waals surface area contributed by atoms with Crippen molar-refractivity contribution in [3.8, 4) is 11.3 Å². The highest BCUT2D eigenvalue weighted by atomic mass is 16.5. The van der Waals surface area contributed by atoms with Crippen LogP contribution in [0.3, 0.4) is 0 Å². The highest BCUT2D eigenvalue weighted by molar-refractivity contribution is 6.01. The number of aliphatic hydroxyl groups is 1. The zero-order valence-electron chi connectivity index (χ0n) is 17.5. The first kappa shape index (κ1) is 19.2. The Balaban J connectivity index is 1.48. The maximum atomic E-state index is 12.9. The van der Waals surface area contributed by atoms with Crippen LogP contribution in [0.15, 0.2) is 36.8 Å². The average Bonchev–Trinajstić information content (AvgIpc) is 3.37. The van der Waals surface area contributed by atoms with Crippen molar-refractivity contribution in [2.75, 3.05) is 25.6 Å². The van der Waals surface area contributed by atoms with Crippen molar-refractivity contribution in [1.82, 2.24) is 29.5 Å². The van der Waals surface area contributed by atoms with E-state index >= 15 is 0 Å². The Labute approximate surface area is 183 Å². The number of carbonyl (C=O) groups is 1. The van der Waals surface area contributed by atoms with Crippen molar-refractivity contribution in [2.24, 2.45) is 0 Å². The summed E-state index contributed by atoms with van der Waals surface area (Å²) in [4.78, 5) is 22.3. The van der Waals surface area contributed by atoms with E-state index in [1.165, 1.54) is 6.20 Å². The van der Waals surface area contributed by atoms with Crippen LogP contribution in [0.4, 0.5) is 5.82 Å². The lowest BCUT2D eigenvalue weighted by Crippen LogP contribution is -2.50. The molecule has 0 radical (unpaired) electrons. The maximum Gasteiger partial charge on any atom is 0.257 e. The van der Waals surface area contributed by atoms with Crippen molar-refractivity contribution in [3.63, 3.8) is 0 Å². The molecule has 1 aliphatic heterocycles. The van der Waals surface area contributed by atoms with E-state index in [9.17, 15) is 9.90 Å². The number of hydrogen-bond donors (Lipinski definition) is 3. The number of anilines is 1. The van der Waals surface area contributed by atoms with Gasteiger partial charge in [-0.25, -0.2) is 9.97 Å². The summed E-state index contributed by atoms with van der Waals surface area (Å²) in [5, 5.41) is 21.2. The van der Waals surface area contributed by atoms with E-state index < -0.39 is 6.10 Å². The second kappa shape index (κ2) is 7.28. The summed E-state index contributed by atoms with van der Waals surface area (Å²) >= 11 is 0. The van der Waals surface area contributed by atoms with Crippen LogP contribution in [-0.2, 0) is 4.74 Å². The second-order valence-corrected chi connectivity index (χ2v) is 8.31. The Bertz CT molecular complexity index is 1340. The first-order chi connectivity index (χ1) is 15.6. The molecule has 0 spiro atoms. The minimum atomic E-state index is -0.494. The van der Waals surface area contributed by atoms with E-state index in [1.54, 1.807) is 17.8 Å². The predicted octanol–water partition coefficient (Wildman–Crippen LogP) is 1.61. The van der Waals surface area contributed by atoms with Crippen molar-refractivity contribution < 1.29 is 14.6 Å². The molecule has 32 heavy (non-hydrogen) atoms. The molecule has 2 atom stereocenters. The van der Waals surface area contributed by atoms with Crippen LogP contribution >= 0.6 is 0 Å². The highest BCUT2D eigenvalue weighted by Crippen LogP contribution is 2.34. The number of aliphatic hydroxyl groups excluding tert-OH is 1. The zero-order chi connectivity index (χ0) is 21.8. The molecule has 0 aromatic carbocycles. The summed E-state index contributed by atoms with van der Waals surface area (Å²) < 4.78 is 9.14. The van der Waals surface area contributed by atoms with Crippen LogP contribution < -0.4 is 10.6 Å². The zero-order valence-corrected chi connectivity index (χ0v) is 17.5. The van der Waals surface area contributed by atoms with Gasteiger partial charge in [0.05, 0.1) is 43.3 Å². The lowest BCUT2D eigenvalue weighted by atomic mass is 9.89. The lowest BCUT2D eigenvalue weighted by molar-refractivity contribution is -0.0215. The number of hydrogen-bond acceptors (Lipinski definition) is 7. The Kier molecular flexibility index (Phi) is 4.37. The molecule has 1 saturated carbocycles. The highest BCUT2D eigenvalue weighted by Gasteiger charge is 2.31. The van der Waals surface area contributed by atoms with E-state index in [0.29, 0.717) is 36.7 Å². The Morgan fingerprint density at radius 3 is 2.84 bits per heavy atom. The fourth-order valence-electron chi connectivity index (χ4n) is 4.29. The number of aromatic nitrogens is 5. The molecule has 3 N–H and O–H groups in total. The van der Waals surface area contributed by atoms with Crippen molar-refractivity contribution in [1.29, 1.82) is 0 Å². The van der Waals surface area contributed by atoms with Gasteiger partial charge in [0.2, 0.25) is 0 Å². The van der Waals surface area contributed by atoms with E-state index in [2.05, 4.69) is 31.5 Å². The average molecular weight is 433 g/mol. The molecule has 1 amide bonds. The first-order valence-electron chi connectivity index (χ1n) is 10.7. The summed E-state index contributed by atoms with van der Waals surface area (Å²) in [6, 6.07) is 5.88. The molecule has 6 rings (SSSR count). The number of carbonyl (C=O) groups excluding carboxylic acids is 1. The number of amides is 1. The number of pyridine rings is 1. The molecule has 1 unspecified atom stereocenters. The van der Waals surface area contributed by atoms with Gasteiger partial charge in [0.1, 0.15) is 17.0 Å². The molecule has 1 saturated heterocycles. The largest absolute Gasteiger partial charge is 0.391 e. The van der Waals surface area contributed by atoms with Gasteiger partial charge >= 0.3 is 0 Å². The maximum absolute atomic E-state index is 12.9. The summed E-state index contributed by atoms with van der Waals surface area (Å²) in [6.07, 6.45) is 6.34. The summed E-state index contributed by atoms with van der Waals surface area (Å²) in [6.45, 7) is 1.32. The SMILES string of the molecule is CNc1cc(-c2cn(C3COC3)c3ncccc23)nc2c(C(=O)NC3CC[C@@H]3O)cnn12. The van der Waals surface area contributed by atoms with E-state index in [0.717, 1.165) is 28.7 Å². The standard InChI is InChI=1S/C22H23N7O3/c1-23-19-7-17(15-9-28(12-10-32-11-12)20-13(15)3-2-6-24-20)26-21-14(8-25-29(19)21)22(31)27-16-4-5-18(16)30/h2-3,6-9,12,16,18,23,30H,4-5,10-11H2,1H3,(H,27,31)/t16?,18-/m0/s1. The number of nitrogens with one attached hydrogen (secondary N) is 2. The van der Waals surface area contributed by atoms with Crippen LogP contribution in [0.25, 0.3) is 27.9 Å². The minimum Gasteiger partial charge on any atom is -0.391 e. The third-order valence-corrected chi connectivity index (χ3v) is 6.41. The monoisotopic (exact) mass is 433 g/mol. The van der Waals surface area contributed by atoms with E-state index in [4.69, 9.17) is 9.72 Å². The van der Waals surface area contributed by atoms with Gasteiger partial charge < -0.3 is 25.0 Å². The van der Waals surface area contributed by atoms with Gasteiger partial charge in [0.15, 0.2) is 5.65 Å². The Morgan fingerprint density at radius 2 is 2.16 bits per heavy atom. The molecule has 2 fully saturated rings. The number of ether oxygens (including phenoxy) is 1. The van der Waals surface area contributed by atoms with Gasteiger partial charge in [-0.1, -0.05) is 0 Å². The first-order valence-corrected chi connectivity index (χ1v) is 10.7. The molecular formula is C22H23N7O3. The molecule has 10 nitrogen and oxygen atoms in total. The van der Waals surface area contributed by atoms with Gasteiger partial charge in [-0.15, -0.1) is 0 Å².